The zero-order valence-electron chi connectivity index (χ0n) is 12.7. The van der Waals surface area contributed by atoms with Crippen LogP contribution in [-0.4, -0.2) is 15.8 Å². The van der Waals surface area contributed by atoms with Gasteiger partial charge in [-0.15, -0.1) is 11.3 Å². The van der Waals surface area contributed by atoms with Gasteiger partial charge in [0.15, 0.2) is 0 Å². The Hall–Kier alpha value is -3.06. The number of amides is 1. The Morgan fingerprint density at radius 3 is 2.54 bits per heavy atom. The van der Waals surface area contributed by atoms with Crippen LogP contribution in [-0.2, 0) is 0 Å². The quantitative estimate of drug-likeness (QED) is 0.568. The van der Waals surface area contributed by atoms with Gasteiger partial charge in [-0.05, 0) is 43.3 Å². The lowest BCUT2D eigenvalue weighted by molar-refractivity contribution is -0.385. The standard InChI is InChI=1S/C17H13N3O3S/c1-11-10-13(4-7-15(11)20(22)23)16(21)19-14-5-2-12(3-6-14)17-18-8-9-24-17/h2-10H,1H3,(H,19,21). The summed E-state index contributed by atoms with van der Waals surface area (Å²) in [4.78, 5) is 26.9. The van der Waals surface area contributed by atoms with Gasteiger partial charge in [0.25, 0.3) is 11.6 Å². The highest BCUT2D eigenvalue weighted by atomic mass is 32.1. The predicted octanol–water partition coefficient (Wildman–Crippen LogP) is 4.28. The molecule has 0 unspecified atom stereocenters. The molecular weight excluding hydrogens is 326 g/mol. The fourth-order valence-electron chi connectivity index (χ4n) is 2.27. The molecule has 120 valence electrons. The van der Waals surface area contributed by atoms with E-state index in [2.05, 4.69) is 10.3 Å². The number of nitrogens with zero attached hydrogens (tertiary/aromatic N) is 2. The van der Waals surface area contributed by atoms with Crippen molar-refractivity contribution in [3.8, 4) is 10.6 Å². The maximum absolute atomic E-state index is 12.3. The van der Waals surface area contributed by atoms with Crippen molar-refractivity contribution in [1.82, 2.24) is 4.98 Å². The van der Waals surface area contributed by atoms with Gasteiger partial charge in [0, 0.05) is 40.0 Å². The zero-order chi connectivity index (χ0) is 17.1. The minimum atomic E-state index is -0.464. The maximum atomic E-state index is 12.3. The first kappa shape index (κ1) is 15.8. The van der Waals surface area contributed by atoms with Crippen molar-refractivity contribution < 1.29 is 9.72 Å². The number of carbonyl (C=O) groups excluding carboxylic acids is 1. The molecule has 24 heavy (non-hydrogen) atoms. The number of aromatic nitrogens is 1. The summed E-state index contributed by atoms with van der Waals surface area (Å²) >= 11 is 1.54. The Labute approximate surface area is 141 Å². The lowest BCUT2D eigenvalue weighted by Gasteiger charge is -2.07. The van der Waals surface area contributed by atoms with Gasteiger partial charge in [-0.1, -0.05) is 0 Å². The number of nitro benzene ring substituents is 1. The average Bonchev–Trinajstić information content (AvgIpc) is 3.09. The Morgan fingerprint density at radius 1 is 1.21 bits per heavy atom. The van der Waals surface area contributed by atoms with E-state index in [1.165, 1.54) is 18.2 Å². The Morgan fingerprint density at radius 2 is 1.96 bits per heavy atom. The van der Waals surface area contributed by atoms with E-state index in [0.29, 0.717) is 16.8 Å². The second-order valence-corrected chi connectivity index (χ2v) is 6.02. The third kappa shape index (κ3) is 3.31. The molecule has 0 aliphatic rings. The average molecular weight is 339 g/mol. The van der Waals surface area contributed by atoms with E-state index in [0.717, 1.165) is 10.6 Å². The zero-order valence-corrected chi connectivity index (χ0v) is 13.5. The molecule has 0 saturated heterocycles. The molecule has 0 spiro atoms. The lowest BCUT2D eigenvalue weighted by atomic mass is 10.1. The summed E-state index contributed by atoms with van der Waals surface area (Å²) in [5.74, 6) is -0.310. The summed E-state index contributed by atoms with van der Waals surface area (Å²) in [5.41, 5.74) is 2.46. The number of nitrogens with one attached hydrogen (secondary N) is 1. The molecule has 0 radical (unpaired) electrons. The lowest BCUT2D eigenvalue weighted by Crippen LogP contribution is -2.12. The molecule has 1 amide bonds. The number of anilines is 1. The normalized spacial score (nSPS) is 10.4. The molecule has 0 saturated carbocycles. The summed E-state index contributed by atoms with van der Waals surface area (Å²) in [6.45, 7) is 1.61. The van der Waals surface area contributed by atoms with Crippen molar-refractivity contribution in [2.75, 3.05) is 5.32 Å². The Balaban J connectivity index is 1.75. The van der Waals surface area contributed by atoms with E-state index in [1.54, 1.807) is 36.6 Å². The Kier molecular flexibility index (Phi) is 4.35. The van der Waals surface area contributed by atoms with Crippen LogP contribution in [0.1, 0.15) is 15.9 Å². The molecule has 6 nitrogen and oxygen atoms in total. The smallest absolute Gasteiger partial charge is 0.272 e. The highest BCUT2D eigenvalue weighted by Crippen LogP contribution is 2.24. The van der Waals surface area contributed by atoms with Crippen LogP contribution in [0.5, 0.6) is 0 Å². The molecule has 1 aromatic heterocycles. The third-order valence-electron chi connectivity index (χ3n) is 3.48. The van der Waals surface area contributed by atoms with Gasteiger partial charge in [0.2, 0.25) is 0 Å². The van der Waals surface area contributed by atoms with E-state index in [-0.39, 0.29) is 11.6 Å². The third-order valence-corrected chi connectivity index (χ3v) is 4.30. The maximum Gasteiger partial charge on any atom is 0.272 e. The summed E-state index contributed by atoms with van der Waals surface area (Å²) in [6, 6.07) is 11.7. The van der Waals surface area contributed by atoms with E-state index in [1.807, 2.05) is 17.5 Å². The number of thiazole rings is 1. The number of carbonyl (C=O) groups is 1. The Bertz CT molecular complexity index is 890. The van der Waals surface area contributed by atoms with Crippen molar-refractivity contribution in [3.63, 3.8) is 0 Å². The van der Waals surface area contributed by atoms with Crippen LogP contribution < -0.4 is 5.32 Å². The van der Waals surface area contributed by atoms with Crippen LogP contribution in [0.2, 0.25) is 0 Å². The van der Waals surface area contributed by atoms with Crippen LogP contribution in [0.3, 0.4) is 0 Å². The molecule has 2 aromatic carbocycles. The van der Waals surface area contributed by atoms with Crippen molar-refractivity contribution in [3.05, 3.63) is 75.3 Å². The second kappa shape index (κ2) is 6.59. The van der Waals surface area contributed by atoms with Crippen LogP contribution >= 0.6 is 11.3 Å². The molecular formula is C17H13N3O3S. The van der Waals surface area contributed by atoms with Gasteiger partial charge in [-0.25, -0.2) is 4.98 Å². The van der Waals surface area contributed by atoms with Gasteiger partial charge < -0.3 is 5.32 Å². The van der Waals surface area contributed by atoms with Gasteiger partial charge in [0.1, 0.15) is 5.01 Å². The molecule has 3 aromatic rings. The summed E-state index contributed by atoms with van der Waals surface area (Å²) < 4.78 is 0. The van der Waals surface area contributed by atoms with Crippen molar-refractivity contribution in [2.24, 2.45) is 0 Å². The van der Waals surface area contributed by atoms with Gasteiger partial charge in [0.05, 0.1) is 4.92 Å². The summed E-state index contributed by atoms with van der Waals surface area (Å²) in [5, 5.41) is 16.4. The molecule has 0 fully saturated rings. The van der Waals surface area contributed by atoms with Gasteiger partial charge >= 0.3 is 0 Å². The van der Waals surface area contributed by atoms with Gasteiger partial charge in [-0.2, -0.15) is 0 Å². The fourth-order valence-corrected chi connectivity index (χ4v) is 2.91. The van der Waals surface area contributed by atoms with Crippen LogP contribution in [0.15, 0.2) is 54.0 Å². The van der Waals surface area contributed by atoms with E-state index in [4.69, 9.17) is 0 Å². The van der Waals surface area contributed by atoms with Crippen LogP contribution in [0.25, 0.3) is 10.6 Å². The number of nitro groups is 1. The minimum absolute atomic E-state index is 0.000601. The number of hydrogen-bond donors (Lipinski definition) is 1. The fraction of sp³-hybridized carbons (Fsp3) is 0.0588. The highest BCUT2D eigenvalue weighted by molar-refractivity contribution is 7.13. The predicted molar refractivity (Wildman–Crippen MR) is 93.3 cm³/mol. The highest BCUT2D eigenvalue weighted by Gasteiger charge is 2.14. The summed E-state index contributed by atoms with van der Waals surface area (Å²) in [7, 11) is 0. The first-order chi connectivity index (χ1) is 11.5. The molecule has 7 heteroatoms. The molecule has 0 atom stereocenters. The summed E-state index contributed by atoms with van der Waals surface area (Å²) in [6.07, 6.45) is 1.74. The molecule has 3 rings (SSSR count). The number of rotatable bonds is 4. The second-order valence-electron chi connectivity index (χ2n) is 5.13. The van der Waals surface area contributed by atoms with E-state index >= 15 is 0 Å². The number of hydrogen-bond acceptors (Lipinski definition) is 5. The molecule has 1 heterocycles. The molecule has 1 N–H and O–H groups in total. The SMILES string of the molecule is Cc1cc(C(=O)Nc2ccc(-c3nccs3)cc2)ccc1[N+](=O)[O-]. The molecule has 0 bridgehead atoms. The minimum Gasteiger partial charge on any atom is -0.322 e. The van der Waals surface area contributed by atoms with Gasteiger partial charge in [-0.3, -0.25) is 14.9 Å². The largest absolute Gasteiger partial charge is 0.322 e. The topological polar surface area (TPSA) is 85.1 Å². The van der Waals surface area contributed by atoms with Crippen molar-refractivity contribution in [1.29, 1.82) is 0 Å². The van der Waals surface area contributed by atoms with E-state index in [9.17, 15) is 14.9 Å². The van der Waals surface area contributed by atoms with Crippen molar-refractivity contribution >= 4 is 28.6 Å². The first-order valence-electron chi connectivity index (χ1n) is 7.11. The number of benzene rings is 2. The van der Waals surface area contributed by atoms with E-state index < -0.39 is 4.92 Å². The monoisotopic (exact) mass is 339 g/mol. The van der Waals surface area contributed by atoms with Crippen LogP contribution in [0, 0.1) is 17.0 Å². The molecule has 0 aliphatic heterocycles. The number of aryl methyl sites for hydroxylation is 1. The van der Waals surface area contributed by atoms with Crippen LogP contribution in [0.4, 0.5) is 11.4 Å². The molecule has 0 aliphatic carbocycles. The van der Waals surface area contributed by atoms with Crippen molar-refractivity contribution in [2.45, 2.75) is 6.92 Å². The first-order valence-corrected chi connectivity index (χ1v) is 7.99.